The third kappa shape index (κ3) is 6.57. The number of likely N-dealkylation sites (tertiary alicyclic amines) is 1. The fraction of sp³-hybridized carbons (Fsp3) is 0.440. The Morgan fingerprint density at radius 3 is 2.38 bits per heavy atom. The van der Waals surface area contributed by atoms with Crippen LogP contribution in [0.4, 0.5) is 5.69 Å². The number of carbonyl (C=O) groups excluding carboxylic acids is 2. The first-order chi connectivity index (χ1) is 16.2. The zero-order valence-electron chi connectivity index (χ0n) is 20.0. The van der Waals surface area contributed by atoms with E-state index in [1.54, 1.807) is 37.1 Å². The summed E-state index contributed by atoms with van der Waals surface area (Å²) in [6.45, 7) is 5.79. The second-order valence-electron chi connectivity index (χ2n) is 8.65. The van der Waals surface area contributed by atoms with Gasteiger partial charge >= 0.3 is 0 Å². The Kier molecular flexibility index (Phi) is 8.68. The molecule has 1 aliphatic rings. The molecule has 9 heteroatoms. The highest BCUT2D eigenvalue weighted by Gasteiger charge is 2.29. The highest BCUT2D eigenvalue weighted by atomic mass is 32.2. The second kappa shape index (κ2) is 11.5. The average Bonchev–Trinajstić information content (AvgIpc) is 2.83. The molecular formula is C25H33N3O5S. The third-order valence-electron chi connectivity index (χ3n) is 6.03. The fourth-order valence-corrected chi connectivity index (χ4v) is 5.01. The van der Waals surface area contributed by atoms with Crippen molar-refractivity contribution in [2.24, 2.45) is 5.92 Å². The highest BCUT2D eigenvalue weighted by molar-refractivity contribution is 7.92. The molecule has 0 radical (unpaired) electrons. The third-order valence-corrected chi connectivity index (χ3v) is 7.41. The van der Waals surface area contributed by atoms with Gasteiger partial charge in [0.2, 0.25) is 5.91 Å². The molecule has 2 aromatic rings. The number of anilines is 1. The van der Waals surface area contributed by atoms with Crippen LogP contribution < -0.4 is 10.0 Å². The van der Waals surface area contributed by atoms with Crippen molar-refractivity contribution in [2.45, 2.75) is 38.0 Å². The summed E-state index contributed by atoms with van der Waals surface area (Å²) in [6.07, 6.45) is 1.92. The van der Waals surface area contributed by atoms with Crippen LogP contribution in [0.15, 0.2) is 47.4 Å². The van der Waals surface area contributed by atoms with Crippen molar-refractivity contribution in [3.63, 3.8) is 0 Å². The van der Waals surface area contributed by atoms with E-state index in [1.165, 1.54) is 12.1 Å². The van der Waals surface area contributed by atoms with E-state index in [1.807, 2.05) is 19.1 Å². The summed E-state index contributed by atoms with van der Waals surface area (Å²) in [6, 6.07) is 11.6. The molecule has 1 heterocycles. The molecule has 2 aromatic carbocycles. The van der Waals surface area contributed by atoms with Gasteiger partial charge in [-0.25, -0.2) is 8.42 Å². The van der Waals surface area contributed by atoms with Crippen LogP contribution in [0.3, 0.4) is 0 Å². The van der Waals surface area contributed by atoms with Crippen molar-refractivity contribution >= 4 is 27.5 Å². The lowest BCUT2D eigenvalue weighted by Gasteiger charge is -2.31. The molecule has 0 atom stereocenters. The molecule has 8 nitrogen and oxygen atoms in total. The Hall–Kier alpha value is -2.91. The predicted octanol–water partition coefficient (Wildman–Crippen LogP) is 3.11. The van der Waals surface area contributed by atoms with Gasteiger partial charge in [0.05, 0.1) is 4.90 Å². The normalized spacial score (nSPS) is 14.6. The summed E-state index contributed by atoms with van der Waals surface area (Å²) in [4.78, 5) is 27.3. The molecule has 2 N–H and O–H groups in total. The molecule has 0 unspecified atom stereocenters. The molecule has 0 bridgehead atoms. The van der Waals surface area contributed by atoms with Crippen LogP contribution >= 0.6 is 0 Å². The lowest BCUT2D eigenvalue weighted by atomic mass is 9.95. The monoisotopic (exact) mass is 487 g/mol. The number of aryl methyl sites for hydroxylation is 2. The van der Waals surface area contributed by atoms with Crippen LogP contribution in [0.2, 0.25) is 0 Å². The van der Waals surface area contributed by atoms with E-state index in [2.05, 4.69) is 10.0 Å². The number of amides is 2. The van der Waals surface area contributed by atoms with Crippen molar-refractivity contribution in [1.29, 1.82) is 0 Å². The van der Waals surface area contributed by atoms with E-state index in [0.29, 0.717) is 55.9 Å². The smallest absolute Gasteiger partial charge is 0.261 e. The number of piperidine rings is 1. The first-order valence-corrected chi connectivity index (χ1v) is 13.0. The summed E-state index contributed by atoms with van der Waals surface area (Å²) in [5, 5.41) is 2.92. The average molecular weight is 488 g/mol. The maximum absolute atomic E-state index is 13.2. The molecule has 0 saturated carbocycles. The van der Waals surface area contributed by atoms with Gasteiger partial charge in [-0.05, 0) is 62.9 Å². The molecule has 0 aliphatic carbocycles. The number of rotatable bonds is 9. The number of methoxy groups -OCH3 is 1. The van der Waals surface area contributed by atoms with Crippen LogP contribution in [-0.2, 0) is 19.6 Å². The molecule has 34 heavy (non-hydrogen) atoms. The Labute approximate surface area is 201 Å². The number of sulfonamides is 1. The lowest BCUT2D eigenvalue weighted by Crippen LogP contribution is -2.43. The lowest BCUT2D eigenvalue weighted by molar-refractivity contribution is -0.126. The number of carbonyl (C=O) groups is 2. The van der Waals surface area contributed by atoms with Gasteiger partial charge in [-0.15, -0.1) is 0 Å². The molecule has 1 aliphatic heterocycles. The van der Waals surface area contributed by atoms with Gasteiger partial charge in [0.25, 0.3) is 15.9 Å². The maximum Gasteiger partial charge on any atom is 0.261 e. The number of ether oxygens (including phenoxy) is 1. The van der Waals surface area contributed by atoms with E-state index in [4.69, 9.17) is 4.74 Å². The first kappa shape index (κ1) is 25.7. The van der Waals surface area contributed by atoms with Crippen molar-refractivity contribution in [3.8, 4) is 0 Å². The Balaban J connectivity index is 1.65. The summed E-state index contributed by atoms with van der Waals surface area (Å²) < 4.78 is 33.4. The number of benzene rings is 2. The van der Waals surface area contributed by atoms with Crippen molar-refractivity contribution < 1.29 is 22.7 Å². The van der Waals surface area contributed by atoms with Crippen molar-refractivity contribution in [1.82, 2.24) is 10.2 Å². The minimum absolute atomic E-state index is 0.00894. The van der Waals surface area contributed by atoms with Crippen LogP contribution in [0.25, 0.3) is 0 Å². The maximum atomic E-state index is 13.2. The van der Waals surface area contributed by atoms with Crippen LogP contribution in [0.5, 0.6) is 0 Å². The summed E-state index contributed by atoms with van der Waals surface area (Å²) in [5.74, 6) is -0.336. The van der Waals surface area contributed by atoms with Crippen molar-refractivity contribution in [3.05, 3.63) is 59.2 Å². The van der Waals surface area contributed by atoms with Gasteiger partial charge in [-0.1, -0.05) is 23.8 Å². The minimum Gasteiger partial charge on any atom is -0.385 e. The van der Waals surface area contributed by atoms with E-state index in [-0.39, 0.29) is 22.6 Å². The zero-order valence-corrected chi connectivity index (χ0v) is 20.8. The van der Waals surface area contributed by atoms with Crippen LogP contribution in [-0.4, -0.2) is 58.5 Å². The predicted molar refractivity (Wildman–Crippen MR) is 131 cm³/mol. The highest BCUT2D eigenvalue weighted by Crippen LogP contribution is 2.24. The molecule has 3 rings (SSSR count). The SMILES string of the molecule is COCCCNC(=O)C1CCN(C(=O)c2cc(S(=O)(=O)Nc3ccc(C)cc3)ccc2C)CC1. The summed E-state index contributed by atoms with van der Waals surface area (Å²) in [5.41, 5.74) is 2.55. The molecule has 1 saturated heterocycles. The quantitative estimate of drug-likeness (QED) is 0.529. The topological polar surface area (TPSA) is 105 Å². The van der Waals surface area contributed by atoms with E-state index < -0.39 is 10.0 Å². The molecular weight excluding hydrogens is 454 g/mol. The molecule has 2 amide bonds. The molecule has 1 fully saturated rings. The van der Waals surface area contributed by atoms with Gasteiger partial charge in [0.1, 0.15) is 0 Å². The summed E-state index contributed by atoms with van der Waals surface area (Å²) >= 11 is 0. The number of hydrogen-bond donors (Lipinski definition) is 2. The van der Waals surface area contributed by atoms with Crippen LogP contribution in [0.1, 0.15) is 40.7 Å². The molecule has 0 aromatic heterocycles. The van der Waals surface area contributed by atoms with Crippen molar-refractivity contribution in [2.75, 3.05) is 38.1 Å². The summed E-state index contributed by atoms with van der Waals surface area (Å²) in [7, 11) is -2.22. The van der Waals surface area contributed by atoms with Gasteiger partial charge in [0.15, 0.2) is 0 Å². The second-order valence-corrected chi connectivity index (χ2v) is 10.3. The van der Waals surface area contributed by atoms with Gasteiger partial charge < -0.3 is 15.0 Å². The number of nitrogens with one attached hydrogen (secondary N) is 2. The number of hydrogen-bond acceptors (Lipinski definition) is 5. The van der Waals surface area contributed by atoms with Gasteiger partial charge in [-0.2, -0.15) is 0 Å². The Morgan fingerprint density at radius 1 is 1.06 bits per heavy atom. The standard InChI is InChI=1S/C25H33N3O5S/c1-18-5-8-21(9-6-18)27-34(31,32)22-10-7-19(2)23(17-22)25(30)28-14-11-20(12-15-28)24(29)26-13-4-16-33-3/h5-10,17,20,27H,4,11-16H2,1-3H3,(H,26,29). The first-order valence-electron chi connectivity index (χ1n) is 11.5. The Morgan fingerprint density at radius 2 is 1.74 bits per heavy atom. The van der Waals surface area contributed by atoms with E-state index in [0.717, 1.165) is 12.0 Å². The number of nitrogens with zero attached hydrogens (tertiary/aromatic N) is 1. The van der Waals surface area contributed by atoms with Crippen LogP contribution in [0, 0.1) is 19.8 Å². The Bertz CT molecular complexity index is 1110. The molecule has 184 valence electrons. The van der Waals surface area contributed by atoms with Gasteiger partial charge in [-0.3, -0.25) is 14.3 Å². The van der Waals surface area contributed by atoms with E-state index in [9.17, 15) is 18.0 Å². The largest absolute Gasteiger partial charge is 0.385 e. The zero-order chi connectivity index (χ0) is 24.7. The van der Waals surface area contributed by atoms with E-state index >= 15 is 0 Å². The molecule has 0 spiro atoms. The minimum atomic E-state index is -3.85. The fourth-order valence-electron chi connectivity index (χ4n) is 3.92. The van der Waals surface area contributed by atoms with Gasteiger partial charge in [0, 0.05) is 50.5 Å².